The summed E-state index contributed by atoms with van der Waals surface area (Å²) in [5.74, 6) is 0.270. The van der Waals surface area contributed by atoms with E-state index in [0.717, 1.165) is 29.5 Å². The summed E-state index contributed by atoms with van der Waals surface area (Å²) in [6.45, 7) is 1.28. The third-order valence-corrected chi connectivity index (χ3v) is 6.77. The minimum absolute atomic E-state index is 0.0567. The van der Waals surface area contributed by atoms with Gasteiger partial charge in [0.25, 0.3) is 5.91 Å². The molecule has 5 aromatic rings. The molecular weight excluding hydrogens is 454 g/mol. The van der Waals surface area contributed by atoms with Crippen LogP contribution < -0.4 is 10.5 Å². The fourth-order valence-corrected chi connectivity index (χ4v) is 4.81. The van der Waals surface area contributed by atoms with Gasteiger partial charge in [-0.2, -0.15) is 0 Å². The van der Waals surface area contributed by atoms with Gasteiger partial charge in [0, 0.05) is 49.2 Å². The van der Waals surface area contributed by atoms with Gasteiger partial charge in [0.05, 0.1) is 31.1 Å². The number of aliphatic hydroxyl groups excluding tert-OH is 1. The Kier molecular flexibility index (Phi) is 6.77. The van der Waals surface area contributed by atoms with Crippen molar-refractivity contribution in [2.24, 2.45) is 12.8 Å². The molecule has 0 fully saturated rings. The lowest BCUT2D eigenvalue weighted by Crippen LogP contribution is -2.15. The summed E-state index contributed by atoms with van der Waals surface area (Å²) in [6.07, 6.45) is 9.96. The van der Waals surface area contributed by atoms with Crippen LogP contribution in [0, 0.1) is 0 Å². The molecule has 186 valence electrons. The zero-order valence-electron chi connectivity index (χ0n) is 20.4. The van der Waals surface area contributed by atoms with Crippen LogP contribution in [0.3, 0.4) is 0 Å². The van der Waals surface area contributed by atoms with Crippen LogP contribution in [0.1, 0.15) is 34.9 Å². The lowest BCUT2D eigenvalue weighted by atomic mass is 10.1. The van der Waals surface area contributed by atoms with Crippen molar-refractivity contribution in [2.75, 3.05) is 13.2 Å². The highest BCUT2D eigenvalue weighted by Crippen LogP contribution is 2.25. The molecule has 3 aromatic heterocycles. The van der Waals surface area contributed by atoms with Crippen molar-refractivity contribution in [3.63, 3.8) is 0 Å². The van der Waals surface area contributed by atoms with Crippen LogP contribution in [-0.4, -0.2) is 42.9 Å². The number of benzene rings is 2. The Hall–Kier alpha value is -4.04. The number of aliphatic hydroxyl groups is 1. The standard InChI is InChI=1S/C28H31N5O3/c1-31-16-21(24-6-2-3-7-26(24)31)5-4-14-36-23-9-8-20-10-12-32(27(20)15-23)13-11-22(18-34)33-17-25(28(29)35)30-19-33/h2-3,6-10,12,15-17,19,22,34H,4-5,11,13-14,18H2,1H3,(H2,29,35). The number of hydrogen-bond acceptors (Lipinski definition) is 4. The van der Waals surface area contributed by atoms with E-state index in [1.165, 1.54) is 16.5 Å². The molecule has 3 N–H and O–H groups in total. The number of para-hydroxylation sites is 1. The first-order valence-electron chi connectivity index (χ1n) is 12.2. The van der Waals surface area contributed by atoms with Crippen molar-refractivity contribution in [1.82, 2.24) is 18.7 Å². The van der Waals surface area contributed by atoms with Gasteiger partial charge in [-0.25, -0.2) is 4.98 Å². The maximum absolute atomic E-state index is 11.3. The molecule has 0 bridgehead atoms. The van der Waals surface area contributed by atoms with E-state index in [4.69, 9.17) is 10.5 Å². The Balaban J connectivity index is 1.20. The number of ether oxygens (including phenoxy) is 1. The monoisotopic (exact) mass is 485 g/mol. The minimum atomic E-state index is -0.577. The quantitative estimate of drug-likeness (QED) is 0.276. The first kappa shape index (κ1) is 23.7. The average molecular weight is 486 g/mol. The summed E-state index contributed by atoms with van der Waals surface area (Å²) in [5.41, 5.74) is 9.18. The van der Waals surface area contributed by atoms with E-state index in [1.54, 1.807) is 17.1 Å². The number of hydrogen-bond donors (Lipinski definition) is 2. The molecule has 8 heteroatoms. The fraction of sp³-hybridized carbons (Fsp3) is 0.286. The van der Waals surface area contributed by atoms with Crippen LogP contribution in [0.2, 0.25) is 0 Å². The Labute approximate surface area is 209 Å². The number of amides is 1. The van der Waals surface area contributed by atoms with E-state index >= 15 is 0 Å². The molecule has 0 aliphatic heterocycles. The largest absolute Gasteiger partial charge is 0.494 e. The number of primary amides is 1. The van der Waals surface area contributed by atoms with Gasteiger partial charge in [0.1, 0.15) is 11.4 Å². The summed E-state index contributed by atoms with van der Waals surface area (Å²) >= 11 is 0. The average Bonchev–Trinajstić information content (AvgIpc) is 3.61. The zero-order chi connectivity index (χ0) is 25.1. The molecular formula is C28H31N5O3. The van der Waals surface area contributed by atoms with E-state index in [-0.39, 0.29) is 18.3 Å². The lowest BCUT2D eigenvalue weighted by molar-refractivity contribution is 0.0995. The highest BCUT2D eigenvalue weighted by molar-refractivity contribution is 5.90. The maximum Gasteiger partial charge on any atom is 0.268 e. The molecule has 0 saturated carbocycles. The Morgan fingerprint density at radius 1 is 1.14 bits per heavy atom. The Morgan fingerprint density at radius 2 is 2.00 bits per heavy atom. The first-order chi connectivity index (χ1) is 17.5. The maximum atomic E-state index is 11.3. The minimum Gasteiger partial charge on any atom is -0.494 e. The second-order valence-corrected chi connectivity index (χ2v) is 9.16. The van der Waals surface area contributed by atoms with Gasteiger partial charge in [0.2, 0.25) is 0 Å². The van der Waals surface area contributed by atoms with Crippen molar-refractivity contribution in [2.45, 2.75) is 31.8 Å². The second kappa shape index (κ2) is 10.3. The second-order valence-electron chi connectivity index (χ2n) is 9.16. The molecule has 1 atom stereocenters. The predicted octanol–water partition coefficient (Wildman–Crippen LogP) is 4.06. The van der Waals surface area contributed by atoms with Gasteiger partial charge < -0.3 is 29.3 Å². The van der Waals surface area contributed by atoms with Crippen LogP contribution >= 0.6 is 0 Å². The SMILES string of the molecule is Cn1cc(CCCOc2ccc3ccn(CCC(CO)n4cnc(C(N)=O)c4)c3c2)c2ccccc21. The molecule has 0 aliphatic rings. The molecule has 0 radical (unpaired) electrons. The van der Waals surface area contributed by atoms with Gasteiger partial charge in [-0.05, 0) is 54.5 Å². The number of carbonyl (C=O) groups is 1. The van der Waals surface area contributed by atoms with Gasteiger partial charge in [-0.1, -0.05) is 18.2 Å². The van der Waals surface area contributed by atoms with E-state index in [0.29, 0.717) is 19.6 Å². The van der Waals surface area contributed by atoms with Crippen molar-refractivity contribution in [1.29, 1.82) is 0 Å². The zero-order valence-corrected chi connectivity index (χ0v) is 20.4. The Morgan fingerprint density at radius 3 is 2.81 bits per heavy atom. The number of rotatable bonds is 11. The van der Waals surface area contributed by atoms with E-state index in [1.807, 2.05) is 12.3 Å². The summed E-state index contributed by atoms with van der Waals surface area (Å²) in [7, 11) is 2.09. The van der Waals surface area contributed by atoms with Crippen LogP contribution in [0.4, 0.5) is 0 Å². The normalized spacial score (nSPS) is 12.4. The van der Waals surface area contributed by atoms with Crippen LogP contribution in [0.25, 0.3) is 21.8 Å². The van der Waals surface area contributed by atoms with Gasteiger partial charge in [-0.3, -0.25) is 4.79 Å². The third kappa shape index (κ3) is 4.85. The number of aryl methyl sites for hydroxylation is 3. The molecule has 1 unspecified atom stereocenters. The van der Waals surface area contributed by atoms with Crippen molar-refractivity contribution in [3.8, 4) is 5.75 Å². The highest BCUT2D eigenvalue weighted by atomic mass is 16.5. The third-order valence-electron chi connectivity index (χ3n) is 6.77. The summed E-state index contributed by atoms with van der Waals surface area (Å²) < 4.78 is 12.2. The molecule has 1 amide bonds. The number of fused-ring (bicyclic) bond motifs is 2. The number of imidazole rings is 1. The van der Waals surface area contributed by atoms with E-state index in [9.17, 15) is 9.90 Å². The Bertz CT molecular complexity index is 1500. The lowest BCUT2D eigenvalue weighted by Gasteiger charge is -2.16. The predicted molar refractivity (Wildman–Crippen MR) is 140 cm³/mol. The molecule has 3 heterocycles. The number of aromatic nitrogens is 4. The molecule has 0 aliphatic carbocycles. The van der Waals surface area contributed by atoms with E-state index in [2.05, 4.69) is 69.8 Å². The van der Waals surface area contributed by atoms with Gasteiger partial charge >= 0.3 is 0 Å². The molecule has 36 heavy (non-hydrogen) atoms. The van der Waals surface area contributed by atoms with Gasteiger partial charge in [0.15, 0.2) is 0 Å². The fourth-order valence-electron chi connectivity index (χ4n) is 4.81. The smallest absolute Gasteiger partial charge is 0.268 e. The van der Waals surface area contributed by atoms with Gasteiger partial charge in [-0.15, -0.1) is 0 Å². The summed E-state index contributed by atoms with van der Waals surface area (Å²) in [6, 6.07) is 16.5. The molecule has 0 spiro atoms. The summed E-state index contributed by atoms with van der Waals surface area (Å²) in [4.78, 5) is 15.3. The molecule has 5 rings (SSSR count). The van der Waals surface area contributed by atoms with Crippen molar-refractivity contribution >= 4 is 27.7 Å². The number of nitrogens with zero attached hydrogens (tertiary/aromatic N) is 4. The van der Waals surface area contributed by atoms with E-state index < -0.39 is 5.91 Å². The topological polar surface area (TPSA) is 100 Å². The molecule has 2 aromatic carbocycles. The highest BCUT2D eigenvalue weighted by Gasteiger charge is 2.14. The van der Waals surface area contributed by atoms with Crippen molar-refractivity contribution in [3.05, 3.63) is 84.7 Å². The molecule has 0 saturated heterocycles. The number of carbonyl (C=O) groups excluding carboxylic acids is 1. The molecule has 8 nitrogen and oxygen atoms in total. The van der Waals surface area contributed by atoms with Crippen molar-refractivity contribution < 1.29 is 14.6 Å². The van der Waals surface area contributed by atoms with Crippen LogP contribution in [0.5, 0.6) is 5.75 Å². The first-order valence-corrected chi connectivity index (χ1v) is 12.2. The summed E-state index contributed by atoms with van der Waals surface area (Å²) in [5, 5.41) is 12.3. The number of nitrogens with two attached hydrogens (primary N) is 1. The van der Waals surface area contributed by atoms with Crippen LogP contribution in [0.15, 0.2) is 73.4 Å². The van der Waals surface area contributed by atoms with Crippen LogP contribution in [-0.2, 0) is 20.0 Å².